The van der Waals surface area contributed by atoms with Crippen LogP contribution in [0.15, 0.2) is 261 Å². The van der Waals surface area contributed by atoms with Gasteiger partial charge in [-0.25, -0.2) is 0 Å². The van der Waals surface area contributed by atoms with E-state index in [1.165, 1.54) is 77.2 Å². The van der Waals surface area contributed by atoms with Crippen molar-refractivity contribution in [3.8, 4) is 66.8 Å². The molecule has 0 aliphatic heterocycles. The summed E-state index contributed by atoms with van der Waals surface area (Å²) < 4.78 is 0. The Hall–Kier alpha value is -8.26. The zero-order valence-electron chi connectivity index (χ0n) is 34.8. The van der Waals surface area contributed by atoms with Crippen LogP contribution in [-0.2, 0) is 0 Å². The van der Waals surface area contributed by atoms with Crippen molar-refractivity contribution in [2.45, 2.75) is 0 Å². The monoisotopic (exact) mass is 801 g/mol. The van der Waals surface area contributed by atoms with Crippen LogP contribution < -0.4 is 4.90 Å². The van der Waals surface area contributed by atoms with Gasteiger partial charge in [0.2, 0.25) is 0 Å². The van der Waals surface area contributed by atoms with Crippen molar-refractivity contribution < 1.29 is 0 Å². The normalized spacial score (nSPS) is 11.2. The maximum Gasteiger partial charge on any atom is 0.0540 e. The van der Waals surface area contributed by atoms with E-state index in [-0.39, 0.29) is 0 Å². The lowest BCUT2D eigenvalue weighted by Crippen LogP contribution is -2.11. The first-order valence-electron chi connectivity index (χ1n) is 21.7. The van der Waals surface area contributed by atoms with Crippen LogP contribution in [0.3, 0.4) is 0 Å². The highest BCUT2D eigenvalue weighted by atomic mass is 15.1. The quantitative estimate of drug-likeness (QED) is 0.141. The number of nitrogens with zero attached hydrogens (tertiary/aromatic N) is 1. The molecular weight excluding hydrogens is 759 g/mol. The van der Waals surface area contributed by atoms with Crippen LogP contribution in [0, 0.1) is 0 Å². The second kappa shape index (κ2) is 16.7. The maximum atomic E-state index is 2.42. The molecule has 1 nitrogen and oxygen atoms in total. The van der Waals surface area contributed by atoms with Gasteiger partial charge in [0.05, 0.1) is 5.69 Å². The molecule has 11 rings (SSSR count). The Balaban J connectivity index is 1.05. The highest BCUT2D eigenvalue weighted by molar-refractivity contribution is 6.04. The average molecular weight is 802 g/mol. The van der Waals surface area contributed by atoms with E-state index in [0.29, 0.717) is 0 Å². The largest absolute Gasteiger partial charge is 0.310 e. The van der Waals surface area contributed by atoms with Gasteiger partial charge in [0.15, 0.2) is 0 Å². The number of fused-ring (bicyclic) bond motifs is 2. The van der Waals surface area contributed by atoms with Gasteiger partial charge in [0, 0.05) is 16.9 Å². The molecule has 0 unspecified atom stereocenters. The lowest BCUT2D eigenvalue weighted by molar-refractivity contribution is 1.28. The third-order valence-electron chi connectivity index (χ3n) is 12.3. The third kappa shape index (κ3) is 7.37. The summed E-state index contributed by atoms with van der Waals surface area (Å²) in [6, 6.07) is 94.7. The number of anilines is 3. The number of hydrogen-bond donors (Lipinski definition) is 0. The van der Waals surface area contributed by atoms with Crippen LogP contribution in [0.25, 0.3) is 88.3 Å². The Kier molecular flexibility index (Phi) is 9.97. The molecule has 0 N–H and O–H groups in total. The van der Waals surface area contributed by atoms with Crippen molar-refractivity contribution in [3.63, 3.8) is 0 Å². The molecule has 0 saturated carbocycles. The Bertz CT molecular complexity index is 3350. The topological polar surface area (TPSA) is 3.24 Å². The molecule has 0 aliphatic rings. The summed E-state index contributed by atoms with van der Waals surface area (Å²) in [5.41, 5.74) is 17.6. The van der Waals surface area contributed by atoms with E-state index in [4.69, 9.17) is 0 Å². The molecule has 63 heavy (non-hydrogen) atoms. The van der Waals surface area contributed by atoms with Crippen molar-refractivity contribution in [1.82, 2.24) is 0 Å². The number of benzene rings is 11. The first kappa shape index (κ1) is 37.7. The summed E-state index contributed by atoms with van der Waals surface area (Å²) >= 11 is 0. The van der Waals surface area contributed by atoms with Gasteiger partial charge in [-0.2, -0.15) is 0 Å². The van der Waals surface area contributed by atoms with Gasteiger partial charge in [0.1, 0.15) is 0 Å². The van der Waals surface area contributed by atoms with E-state index in [2.05, 4.69) is 266 Å². The Morgan fingerprint density at radius 3 is 1.37 bits per heavy atom. The molecule has 0 saturated heterocycles. The standard InChI is InChI=1S/C62H43N/c1-4-16-44(17-5-1)52-35-41-61(60(43-52)48-20-8-3-9-21-48)63(54-36-30-45(31-37-54)51-25-14-26-53(42-51)57-29-15-24-46-22-10-12-27-56(46)57)55-38-32-50(33-39-55)62-58-28-13-11-23-49(58)34-40-59(62)47-18-6-2-7-19-47/h1-43H. The molecule has 11 aromatic carbocycles. The Labute approximate surface area is 369 Å². The first-order chi connectivity index (χ1) is 31.2. The smallest absolute Gasteiger partial charge is 0.0540 e. The molecule has 0 fully saturated rings. The minimum absolute atomic E-state index is 1.08. The van der Waals surface area contributed by atoms with Crippen molar-refractivity contribution >= 4 is 38.6 Å². The van der Waals surface area contributed by atoms with Gasteiger partial charge in [-0.05, 0) is 125 Å². The fourth-order valence-corrected chi connectivity index (χ4v) is 9.18. The van der Waals surface area contributed by atoms with Gasteiger partial charge in [-0.3, -0.25) is 0 Å². The first-order valence-corrected chi connectivity index (χ1v) is 21.7. The summed E-state index contributed by atoms with van der Waals surface area (Å²) in [6.45, 7) is 0. The molecule has 0 radical (unpaired) electrons. The van der Waals surface area contributed by atoms with E-state index < -0.39 is 0 Å². The van der Waals surface area contributed by atoms with Crippen LogP contribution in [0.1, 0.15) is 0 Å². The van der Waals surface area contributed by atoms with Gasteiger partial charge in [-0.15, -0.1) is 0 Å². The third-order valence-corrected chi connectivity index (χ3v) is 12.3. The number of rotatable bonds is 9. The highest BCUT2D eigenvalue weighted by Gasteiger charge is 2.20. The van der Waals surface area contributed by atoms with Crippen LogP contribution in [0.4, 0.5) is 17.1 Å². The summed E-state index contributed by atoms with van der Waals surface area (Å²) in [5.74, 6) is 0. The second-order valence-corrected chi connectivity index (χ2v) is 16.1. The highest BCUT2D eigenvalue weighted by Crippen LogP contribution is 2.45. The molecule has 0 aliphatic carbocycles. The minimum atomic E-state index is 1.08. The number of hydrogen-bond acceptors (Lipinski definition) is 1. The molecule has 0 atom stereocenters. The van der Waals surface area contributed by atoms with E-state index in [0.717, 1.165) is 28.2 Å². The van der Waals surface area contributed by atoms with Crippen molar-refractivity contribution in [2.24, 2.45) is 0 Å². The van der Waals surface area contributed by atoms with Crippen LogP contribution in [0.5, 0.6) is 0 Å². The predicted octanol–water partition coefficient (Wildman–Crippen LogP) is 17.5. The summed E-state index contributed by atoms with van der Waals surface area (Å²) in [6.07, 6.45) is 0. The molecule has 1 heteroatoms. The van der Waals surface area contributed by atoms with Crippen molar-refractivity contribution in [1.29, 1.82) is 0 Å². The zero-order chi connectivity index (χ0) is 42.0. The molecule has 296 valence electrons. The van der Waals surface area contributed by atoms with Gasteiger partial charge in [0.25, 0.3) is 0 Å². The van der Waals surface area contributed by atoms with Crippen LogP contribution in [-0.4, -0.2) is 0 Å². The van der Waals surface area contributed by atoms with E-state index >= 15 is 0 Å². The predicted molar refractivity (Wildman–Crippen MR) is 269 cm³/mol. The summed E-state index contributed by atoms with van der Waals surface area (Å²) in [7, 11) is 0. The van der Waals surface area contributed by atoms with E-state index in [1.807, 2.05) is 0 Å². The van der Waals surface area contributed by atoms with E-state index in [9.17, 15) is 0 Å². The van der Waals surface area contributed by atoms with E-state index in [1.54, 1.807) is 0 Å². The lowest BCUT2D eigenvalue weighted by atomic mass is 9.89. The lowest BCUT2D eigenvalue weighted by Gasteiger charge is -2.29. The van der Waals surface area contributed by atoms with Crippen molar-refractivity contribution in [2.75, 3.05) is 4.90 Å². The zero-order valence-corrected chi connectivity index (χ0v) is 34.8. The Morgan fingerprint density at radius 2 is 0.683 bits per heavy atom. The fourth-order valence-electron chi connectivity index (χ4n) is 9.18. The molecule has 0 amide bonds. The van der Waals surface area contributed by atoms with Crippen LogP contribution in [0.2, 0.25) is 0 Å². The average Bonchev–Trinajstić information content (AvgIpc) is 3.37. The molecular formula is C62H43N. The molecule has 0 bridgehead atoms. The summed E-state index contributed by atoms with van der Waals surface area (Å²) in [5, 5.41) is 4.98. The van der Waals surface area contributed by atoms with Crippen molar-refractivity contribution in [3.05, 3.63) is 261 Å². The van der Waals surface area contributed by atoms with Gasteiger partial charge >= 0.3 is 0 Å². The Morgan fingerprint density at radius 1 is 0.222 bits per heavy atom. The fraction of sp³-hybridized carbons (Fsp3) is 0. The molecule has 0 aromatic heterocycles. The minimum Gasteiger partial charge on any atom is -0.310 e. The molecule has 0 heterocycles. The second-order valence-electron chi connectivity index (χ2n) is 16.1. The molecule has 0 spiro atoms. The van der Waals surface area contributed by atoms with Gasteiger partial charge < -0.3 is 4.90 Å². The SMILES string of the molecule is c1ccc(-c2ccc(N(c3ccc(-c4cccc(-c5cccc6ccccc56)c4)cc3)c3ccc(-c4c(-c5ccccc5)ccc5ccccc45)cc3)c(-c3ccccc3)c2)cc1. The maximum absolute atomic E-state index is 2.42. The van der Waals surface area contributed by atoms with Crippen LogP contribution >= 0.6 is 0 Å². The van der Waals surface area contributed by atoms with Gasteiger partial charge in [-0.1, -0.05) is 218 Å². The molecule has 11 aromatic rings. The summed E-state index contributed by atoms with van der Waals surface area (Å²) in [4.78, 5) is 2.42.